The summed E-state index contributed by atoms with van der Waals surface area (Å²) < 4.78 is 5.22. The van der Waals surface area contributed by atoms with Crippen molar-refractivity contribution in [1.82, 2.24) is 4.98 Å². The Balaban J connectivity index is 2.18. The minimum absolute atomic E-state index is 0.210. The van der Waals surface area contributed by atoms with Crippen LogP contribution in [0.1, 0.15) is 30.1 Å². The Morgan fingerprint density at radius 1 is 1.44 bits per heavy atom. The zero-order valence-electron chi connectivity index (χ0n) is 9.05. The predicted molar refractivity (Wildman–Crippen MR) is 60.0 cm³/mol. The molecule has 0 saturated heterocycles. The van der Waals surface area contributed by atoms with Crippen LogP contribution in [0, 0.1) is 0 Å². The molecule has 84 valence electrons. The number of aromatic nitrogens is 1. The predicted octanol–water partition coefficient (Wildman–Crippen LogP) is 1.99. The van der Waals surface area contributed by atoms with Gasteiger partial charge in [-0.05, 0) is 18.6 Å². The van der Waals surface area contributed by atoms with Crippen LogP contribution in [0.25, 0.3) is 0 Å². The lowest BCUT2D eigenvalue weighted by molar-refractivity contribution is 0.463. The van der Waals surface area contributed by atoms with Crippen LogP contribution in [0.2, 0.25) is 0 Å². The van der Waals surface area contributed by atoms with Crippen LogP contribution < -0.4 is 5.73 Å². The molecule has 4 heteroatoms. The minimum atomic E-state index is -0.210. The monoisotopic (exact) mass is 218 g/mol. The van der Waals surface area contributed by atoms with Crippen molar-refractivity contribution in [3.63, 3.8) is 0 Å². The molecule has 0 amide bonds. The number of rotatable bonds is 3. The molecule has 2 rings (SSSR count). The van der Waals surface area contributed by atoms with Gasteiger partial charge in [0.05, 0.1) is 11.7 Å². The highest BCUT2D eigenvalue weighted by atomic mass is 16.3. The average molecular weight is 218 g/mol. The summed E-state index contributed by atoms with van der Waals surface area (Å²) in [7, 11) is 0. The fraction of sp³-hybridized carbons (Fsp3) is 0.250. The topological polar surface area (TPSA) is 72.3 Å². The third-order valence-electron chi connectivity index (χ3n) is 2.32. The molecule has 0 spiro atoms. The van der Waals surface area contributed by atoms with Gasteiger partial charge in [-0.3, -0.25) is 0 Å². The molecule has 0 saturated carbocycles. The quantitative estimate of drug-likeness (QED) is 0.826. The van der Waals surface area contributed by atoms with Crippen molar-refractivity contribution in [1.29, 1.82) is 0 Å². The molecular weight excluding hydrogens is 204 g/mol. The summed E-state index contributed by atoms with van der Waals surface area (Å²) >= 11 is 0. The van der Waals surface area contributed by atoms with Crippen molar-refractivity contribution in [3.05, 3.63) is 47.7 Å². The van der Waals surface area contributed by atoms with Gasteiger partial charge in [0.25, 0.3) is 0 Å². The molecule has 2 aromatic rings. The molecule has 0 aliphatic heterocycles. The summed E-state index contributed by atoms with van der Waals surface area (Å²) in [5.74, 6) is 0.790. The first-order chi connectivity index (χ1) is 7.66. The summed E-state index contributed by atoms with van der Waals surface area (Å²) in [6, 6.07) is 6.96. The van der Waals surface area contributed by atoms with E-state index in [2.05, 4.69) is 4.98 Å². The second-order valence-corrected chi connectivity index (χ2v) is 3.77. The van der Waals surface area contributed by atoms with Crippen molar-refractivity contribution >= 4 is 0 Å². The molecule has 4 nitrogen and oxygen atoms in total. The van der Waals surface area contributed by atoms with E-state index in [1.807, 2.05) is 19.1 Å². The Morgan fingerprint density at radius 2 is 2.19 bits per heavy atom. The number of benzene rings is 1. The van der Waals surface area contributed by atoms with Crippen molar-refractivity contribution in [2.24, 2.45) is 5.73 Å². The molecule has 1 atom stereocenters. The number of aromatic hydroxyl groups is 1. The van der Waals surface area contributed by atoms with Gasteiger partial charge in [0.1, 0.15) is 12.0 Å². The molecule has 16 heavy (non-hydrogen) atoms. The molecule has 0 bridgehead atoms. The van der Waals surface area contributed by atoms with Crippen LogP contribution in [0.5, 0.6) is 5.75 Å². The standard InChI is InChI=1S/C12H14N2O2/c1-8(13)12-14-10(7-16-12)6-9-4-2-3-5-11(9)15/h2-5,7-8,15H,6,13H2,1H3. The van der Waals surface area contributed by atoms with Gasteiger partial charge in [-0.2, -0.15) is 0 Å². The highest BCUT2D eigenvalue weighted by molar-refractivity contribution is 5.34. The van der Waals surface area contributed by atoms with Gasteiger partial charge in [-0.25, -0.2) is 4.98 Å². The lowest BCUT2D eigenvalue weighted by Crippen LogP contribution is -2.05. The molecule has 1 aromatic heterocycles. The molecular formula is C12H14N2O2. The third kappa shape index (κ3) is 2.23. The van der Waals surface area contributed by atoms with Gasteiger partial charge in [0.2, 0.25) is 5.89 Å². The van der Waals surface area contributed by atoms with E-state index in [4.69, 9.17) is 10.2 Å². The van der Waals surface area contributed by atoms with Gasteiger partial charge in [-0.15, -0.1) is 0 Å². The number of nitrogens with zero attached hydrogens (tertiary/aromatic N) is 1. The summed E-state index contributed by atoms with van der Waals surface area (Å²) in [4.78, 5) is 4.24. The fourth-order valence-electron chi connectivity index (χ4n) is 1.47. The van der Waals surface area contributed by atoms with Crippen molar-refractivity contribution in [2.75, 3.05) is 0 Å². The number of para-hydroxylation sites is 1. The number of hydrogen-bond acceptors (Lipinski definition) is 4. The Hall–Kier alpha value is -1.81. The zero-order valence-corrected chi connectivity index (χ0v) is 9.05. The fourth-order valence-corrected chi connectivity index (χ4v) is 1.47. The second-order valence-electron chi connectivity index (χ2n) is 3.77. The smallest absolute Gasteiger partial charge is 0.210 e. The molecule has 0 fully saturated rings. The molecule has 3 N–H and O–H groups in total. The van der Waals surface area contributed by atoms with E-state index in [9.17, 15) is 5.11 Å². The summed E-state index contributed by atoms with van der Waals surface area (Å²) in [5, 5.41) is 9.60. The van der Waals surface area contributed by atoms with E-state index in [-0.39, 0.29) is 11.8 Å². The van der Waals surface area contributed by atoms with E-state index in [0.717, 1.165) is 11.3 Å². The van der Waals surface area contributed by atoms with Crippen LogP contribution >= 0.6 is 0 Å². The van der Waals surface area contributed by atoms with Crippen LogP contribution in [0.15, 0.2) is 34.9 Å². The van der Waals surface area contributed by atoms with Gasteiger partial charge in [-0.1, -0.05) is 18.2 Å². The number of nitrogens with two attached hydrogens (primary N) is 1. The molecule has 0 aliphatic carbocycles. The van der Waals surface area contributed by atoms with Gasteiger partial charge < -0.3 is 15.3 Å². The Labute approximate surface area is 93.7 Å². The lowest BCUT2D eigenvalue weighted by Gasteiger charge is -2.00. The van der Waals surface area contributed by atoms with Crippen LogP contribution in [0.3, 0.4) is 0 Å². The number of oxazole rings is 1. The maximum atomic E-state index is 9.60. The van der Waals surface area contributed by atoms with E-state index >= 15 is 0 Å². The number of hydrogen-bond donors (Lipinski definition) is 2. The maximum absolute atomic E-state index is 9.60. The summed E-state index contributed by atoms with van der Waals surface area (Å²) in [5.41, 5.74) is 7.24. The van der Waals surface area contributed by atoms with Crippen LogP contribution in [0.4, 0.5) is 0 Å². The first-order valence-electron chi connectivity index (χ1n) is 5.13. The normalized spacial score (nSPS) is 12.6. The maximum Gasteiger partial charge on any atom is 0.210 e. The zero-order chi connectivity index (χ0) is 11.5. The van der Waals surface area contributed by atoms with Crippen LogP contribution in [-0.4, -0.2) is 10.1 Å². The minimum Gasteiger partial charge on any atom is -0.508 e. The van der Waals surface area contributed by atoms with Gasteiger partial charge in [0, 0.05) is 6.42 Å². The summed E-state index contributed by atoms with van der Waals surface area (Å²) in [6.45, 7) is 1.82. The van der Waals surface area contributed by atoms with E-state index in [0.29, 0.717) is 12.3 Å². The van der Waals surface area contributed by atoms with Crippen molar-refractivity contribution < 1.29 is 9.52 Å². The molecule has 0 aliphatic rings. The van der Waals surface area contributed by atoms with E-state index in [1.54, 1.807) is 18.4 Å². The van der Waals surface area contributed by atoms with Crippen molar-refractivity contribution in [3.8, 4) is 5.75 Å². The highest BCUT2D eigenvalue weighted by Crippen LogP contribution is 2.20. The molecule has 1 heterocycles. The number of phenolic OH excluding ortho intramolecular Hbond substituents is 1. The Bertz CT molecular complexity index is 477. The van der Waals surface area contributed by atoms with Gasteiger partial charge >= 0.3 is 0 Å². The molecule has 0 radical (unpaired) electrons. The largest absolute Gasteiger partial charge is 0.508 e. The summed E-state index contributed by atoms with van der Waals surface area (Å²) in [6.07, 6.45) is 2.12. The Morgan fingerprint density at radius 3 is 2.81 bits per heavy atom. The average Bonchev–Trinajstić information content (AvgIpc) is 2.70. The lowest BCUT2D eigenvalue weighted by atomic mass is 10.1. The molecule has 1 aromatic carbocycles. The SMILES string of the molecule is CC(N)c1nc(Cc2ccccc2O)co1. The van der Waals surface area contributed by atoms with Crippen molar-refractivity contribution in [2.45, 2.75) is 19.4 Å². The van der Waals surface area contributed by atoms with Crippen LogP contribution in [-0.2, 0) is 6.42 Å². The Kier molecular flexibility index (Phi) is 2.92. The van der Waals surface area contributed by atoms with Gasteiger partial charge in [0.15, 0.2) is 0 Å². The van der Waals surface area contributed by atoms with E-state index < -0.39 is 0 Å². The number of phenols is 1. The first-order valence-corrected chi connectivity index (χ1v) is 5.13. The molecule has 1 unspecified atom stereocenters. The highest BCUT2D eigenvalue weighted by Gasteiger charge is 2.09. The second kappa shape index (κ2) is 4.37. The van der Waals surface area contributed by atoms with E-state index in [1.165, 1.54) is 0 Å². The first kappa shape index (κ1) is 10.7. The third-order valence-corrected chi connectivity index (χ3v) is 2.32.